The first-order valence-corrected chi connectivity index (χ1v) is 15.6. The third-order valence-corrected chi connectivity index (χ3v) is 10.0. The van der Waals surface area contributed by atoms with Gasteiger partial charge in [0.2, 0.25) is 15.9 Å². The lowest BCUT2D eigenvalue weighted by atomic mass is 9.97. The van der Waals surface area contributed by atoms with Crippen molar-refractivity contribution in [1.29, 1.82) is 0 Å². The van der Waals surface area contributed by atoms with Crippen LogP contribution in [0, 0.1) is 11.7 Å². The lowest BCUT2D eigenvalue weighted by molar-refractivity contribution is -0.137. The van der Waals surface area contributed by atoms with E-state index in [9.17, 15) is 39.2 Å². The third kappa shape index (κ3) is 7.76. The van der Waals surface area contributed by atoms with Crippen LogP contribution in [0.2, 0.25) is 5.02 Å². The molecule has 1 amide bonds. The van der Waals surface area contributed by atoms with E-state index >= 15 is 0 Å². The molecule has 4 rings (SSSR count). The molecule has 0 unspecified atom stereocenters. The Hall–Kier alpha value is -3.20. The van der Waals surface area contributed by atoms with Crippen LogP contribution in [-0.4, -0.2) is 40.1 Å². The Bertz CT molecular complexity index is 1630. The molecule has 0 spiro atoms. The molecular weight excluding hydrogens is 610 g/mol. The number of benzene rings is 3. The van der Waals surface area contributed by atoms with Crippen molar-refractivity contribution >= 4 is 48.9 Å². The summed E-state index contributed by atoms with van der Waals surface area (Å²) < 4.78 is 107. The number of amides is 1. The second-order valence-corrected chi connectivity index (χ2v) is 13.4. The van der Waals surface area contributed by atoms with Crippen LogP contribution in [0.5, 0.6) is 0 Å². The van der Waals surface area contributed by atoms with Crippen LogP contribution >= 0.6 is 11.6 Å². The van der Waals surface area contributed by atoms with Gasteiger partial charge in [0.25, 0.3) is 10.0 Å². The molecule has 2 N–H and O–H groups in total. The summed E-state index contributed by atoms with van der Waals surface area (Å²) in [5, 5.41) is 2.10. The van der Waals surface area contributed by atoms with Crippen molar-refractivity contribution in [3.05, 3.63) is 88.7 Å². The summed E-state index contributed by atoms with van der Waals surface area (Å²) in [6.07, 6.45) is -4.23. The smallest absolute Gasteiger partial charge is 0.326 e. The number of halogens is 5. The maximum Gasteiger partial charge on any atom is 0.417 e. The summed E-state index contributed by atoms with van der Waals surface area (Å²) >= 11 is 5.57. The molecule has 0 radical (unpaired) electrons. The average Bonchev–Trinajstić information content (AvgIpc) is 2.90. The van der Waals surface area contributed by atoms with Gasteiger partial charge in [-0.25, -0.2) is 25.5 Å². The van der Waals surface area contributed by atoms with Crippen molar-refractivity contribution in [2.24, 2.45) is 5.92 Å². The highest BCUT2D eigenvalue weighted by molar-refractivity contribution is 7.92. The topological polar surface area (TPSA) is 113 Å². The fraction of sp³-hybridized carbons (Fsp3) is 0.269. The number of hydrogen-bond acceptors (Lipinski definition) is 5. The van der Waals surface area contributed by atoms with E-state index in [1.54, 1.807) is 0 Å². The summed E-state index contributed by atoms with van der Waals surface area (Å²) in [5.74, 6) is -1.59. The van der Waals surface area contributed by atoms with Gasteiger partial charge in [-0.3, -0.25) is 9.52 Å². The van der Waals surface area contributed by atoms with Crippen LogP contribution < -0.4 is 10.0 Å². The van der Waals surface area contributed by atoms with Crippen molar-refractivity contribution in [2.75, 3.05) is 23.1 Å². The number of carbonyl (C=O) groups excluding carboxylic acids is 1. The number of hydrogen-bond donors (Lipinski definition) is 2. The summed E-state index contributed by atoms with van der Waals surface area (Å²) in [5.41, 5.74) is -0.781. The number of piperidine rings is 1. The molecule has 1 fully saturated rings. The molecule has 1 aliphatic rings. The lowest BCUT2D eigenvalue weighted by Gasteiger charge is -2.30. The fourth-order valence-electron chi connectivity index (χ4n) is 4.26. The lowest BCUT2D eigenvalue weighted by Crippen LogP contribution is -2.41. The third-order valence-electron chi connectivity index (χ3n) is 6.44. The van der Waals surface area contributed by atoms with E-state index < -0.39 is 48.5 Å². The maximum atomic E-state index is 13.1. The minimum Gasteiger partial charge on any atom is -0.326 e. The highest BCUT2D eigenvalue weighted by Crippen LogP contribution is 2.36. The van der Waals surface area contributed by atoms with Crippen molar-refractivity contribution in [3.63, 3.8) is 0 Å². The van der Waals surface area contributed by atoms with Crippen molar-refractivity contribution < 1.29 is 39.2 Å². The minimum atomic E-state index is -4.77. The zero-order valence-electron chi connectivity index (χ0n) is 21.2. The number of nitrogens with zero attached hydrogens (tertiary/aromatic N) is 1. The first-order chi connectivity index (χ1) is 19.1. The van der Waals surface area contributed by atoms with Crippen molar-refractivity contribution in [1.82, 2.24) is 4.31 Å². The van der Waals surface area contributed by atoms with E-state index in [0.717, 1.165) is 12.1 Å². The molecule has 0 atom stereocenters. The van der Waals surface area contributed by atoms with Gasteiger partial charge in [0, 0.05) is 30.4 Å². The zero-order valence-corrected chi connectivity index (χ0v) is 23.5. The van der Waals surface area contributed by atoms with E-state index in [-0.39, 0.29) is 53.9 Å². The number of alkyl halides is 3. The molecule has 3 aromatic carbocycles. The second kappa shape index (κ2) is 12.0. The quantitative estimate of drug-likeness (QED) is 0.319. The Kier molecular flexibility index (Phi) is 8.97. The van der Waals surface area contributed by atoms with Gasteiger partial charge in [-0.1, -0.05) is 23.7 Å². The number of carbonyl (C=O) groups is 1. The van der Waals surface area contributed by atoms with Crippen molar-refractivity contribution in [2.45, 2.75) is 29.7 Å². The first-order valence-electron chi connectivity index (χ1n) is 12.2. The molecule has 1 heterocycles. The Balaban J connectivity index is 1.33. The highest BCUT2D eigenvalue weighted by Gasteiger charge is 2.34. The van der Waals surface area contributed by atoms with Crippen LogP contribution in [0.1, 0.15) is 24.0 Å². The number of nitrogens with one attached hydrogen (secondary N) is 2. The molecule has 0 saturated carbocycles. The number of sulfonamides is 2. The second-order valence-electron chi connectivity index (χ2n) is 9.37. The summed E-state index contributed by atoms with van der Waals surface area (Å²) in [6, 6.07) is 12.8. The predicted molar refractivity (Wildman–Crippen MR) is 146 cm³/mol. The molecule has 1 aliphatic heterocycles. The van der Waals surface area contributed by atoms with Crippen LogP contribution in [0.25, 0.3) is 0 Å². The van der Waals surface area contributed by atoms with E-state index in [1.165, 1.54) is 52.8 Å². The highest BCUT2D eigenvalue weighted by atomic mass is 35.5. The van der Waals surface area contributed by atoms with E-state index in [4.69, 9.17) is 11.6 Å². The summed E-state index contributed by atoms with van der Waals surface area (Å²) in [7, 11) is -7.91. The number of anilines is 2. The number of rotatable bonds is 8. The summed E-state index contributed by atoms with van der Waals surface area (Å²) in [6.45, 7) is 0.260. The van der Waals surface area contributed by atoms with Crippen molar-refractivity contribution in [3.8, 4) is 0 Å². The van der Waals surface area contributed by atoms with Gasteiger partial charge in [-0.2, -0.15) is 13.2 Å². The Morgan fingerprint density at radius 3 is 2.07 bits per heavy atom. The Morgan fingerprint density at radius 2 is 1.49 bits per heavy atom. The molecule has 0 aliphatic carbocycles. The predicted octanol–water partition coefficient (Wildman–Crippen LogP) is 5.48. The molecule has 41 heavy (non-hydrogen) atoms. The van der Waals surface area contributed by atoms with Crippen LogP contribution in [-0.2, 0) is 36.8 Å². The van der Waals surface area contributed by atoms with Gasteiger partial charge in [0.05, 0.1) is 21.2 Å². The monoisotopic (exact) mass is 633 g/mol. The van der Waals surface area contributed by atoms with Crippen LogP contribution in [0.15, 0.2) is 71.6 Å². The molecule has 1 saturated heterocycles. The molecule has 8 nitrogen and oxygen atoms in total. The fourth-order valence-corrected chi connectivity index (χ4v) is 7.10. The van der Waals surface area contributed by atoms with Gasteiger partial charge < -0.3 is 5.32 Å². The molecule has 0 bridgehead atoms. The Labute approximate surface area is 239 Å². The van der Waals surface area contributed by atoms with Gasteiger partial charge in [-0.15, -0.1) is 0 Å². The first kappa shape index (κ1) is 30.8. The largest absolute Gasteiger partial charge is 0.417 e. The zero-order chi connectivity index (χ0) is 30.0. The maximum absolute atomic E-state index is 13.1. The van der Waals surface area contributed by atoms with Crippen LogP contribution in [0.3, 0.4) is 0 Å². The molecule has 3 aromatic rings. The van der Waals surface area contributed by atoms with E-state index in [1.807, 2.05) is 0 Å². The van der Waals surface area contributed by atoms with E-state index in [2.05, 4.69) is 10.0 Å². The Morgan fingerprint density at radius 1 is 0.902 bits per heavy atom. The molecule has 0 aromatic heterocycles. The normalized spacial score (nSPS) is 15.4. The molecule has 220 valence electrons. The molecule has 15 heteroatoms. The SMILES string of the molecule is O=C(Nc1ccc(S(=O)(=O)Nc2ccc(Cl)c(C(F)(F)F)c2)cc1)C1CCN(S(=O)(=O)Cc2ccc(F)cc2)CC1. The minimum absolute atomic E-state index is 0.130. The van der Waals surface area contributed by atoms with Gasteiger partial charge >= 0.3 is 6.18 Å². The van der Waals surface area contributed by atoms with E-state index in [0.29, 0.717) is 11.6 Å². The van der Waals surface area contributed by atoms with Crippen LogP contribution in [0.4, 0.5) is 28.9 Å². The van der Waals surface area contributed by atoms with Gasteiger partial charge in [0.15, 0.2) is 0 Å². The van der Waals surface area contributed by atoms with Gasteiger partial charge in [-0.05, 0) is 73.0 Å². The average molecular weight is 634 g/mol. The molecular formula is C26H24ClF4N3O5S2. The summed E-state index contributed by atoms with van der Waals surface area (Å²) in [4.78, 5) is 12.5. The standard InChI is InChI=1S/C26H24ClF4N3O5S2/c27-24-10-7-21(15-23(24)26(29,30)31)33-41(38,39)22-8-5-20(6-9-22)32-25(35)18-11-13-34(14-12-18)40(36,37)16-17-1-3-19(28)4-2-17/h1-10,15,18,33H,11-14,16H2,(H,32,35). The van der Waals surface area contributed by atoms with Gasteiger partial charge in [0.1, 0.15) is 5.82 Å².